The van der Waals surface area contributed by atoms with Crippen LogP contribution in [-0.2, 0) is 0 Å². The molecule has 2 heteroatoms. The number of hydrogen-bond donors (Lipinski definition) is 1. The predicted molar refractivity (Wildman–Crippen MR) is 81.3 cm³/mol. The van der Waals surface area contributed by atoms with E-state index in [1.807, 2.05) is 12.1 Å². The molecular formula is C18H26FN. The van der Waals surface area contributed by atoms with Crippen LogP contribution in [0.15, 0.2) is 24.3 Å². The van der Waals surface area contributed by atoms with Crippen LogP contribution in [0.4, 0.5) is 4.39 Å². The molecule has 3 rings (SSSR count). The quantitative estimate of drug-likeness (QED) is 0.796. The van der Waals surface area contributed by atoms with Gasteiger partial charge in [0.1, 0.15) is 5.82 Å². The zero-order valence-corrected chi connectivity index (χ0v) is 12.7. The number of hydrogen-bond acceptors (Lipinski definition) is 1. The van der Waals surface area contributed by atoms with Gasteiger partial charge < -0.3 is 5.32 Å². The fourth-order valence-electron chi connectivity index (χ4n) is 4.16. The van der Waals surface area contributed by atoms with Crippen molar-refractivity contribution in [3.63, 3.8) is 0 Å². The minimum absolute atomic E-state index is 0.128. The van der Waals surface area contributed by atoms with Gasteiger partial charge in [-0.3, -0.25) is 0 Å². The fourth-order valence-corrected chi connectivity index (χ4v) is 4.16. The topological polar surface area (TPSA) is 12.0 Å². The molecule has 1 aromatic carbocycles. The summed E-state index contributed by atoms with van der Waals surface area (Å²) < 4.78 is 13.2. The van der Waals surface area contributed by atoms with Gasteiger partial charge in [-0.15, -0.1) is 0 Å². The van der Waals surface area contributed by atoms with Gasteiger partial charge in [0.25, 0.3) is 0 Å². The van der Waals surface area contributed by atoms with E-state index in [0.29, 0.717) is 16.7 Å². The molecule has 0 bridgehead atoms. The van der Waals surface area contributed by atoms with Crippen LogP contribution in [0.3, 0.4) is 0 Å². The van der Waals surface area contributed by atoms with E-state index in [2.05, 4.69) is 19.2 Å². The smallest absolute Gasteiger partial charge is 0.123 e. The molecule has 2 fully saturated rings. The van der Waals surface area contributed by atoms with E-state index in [1.165, 1.54) is 37.7 Å². The standard InChI is InChI=1S/C18H26FN/c1-17(2)7-9-18(10-8-17)11-12-20-13-16(18)14-3-5-15(19)6-4-14/h3-6,16,20H,7-13H2,1-2H3. The largest absolute Gasteiger partial charge is 0.316 e. The lowest BCUT2D eigenvalue weighted by Gasteiger charge is -2.51. The minimum Gasteiger partial charge on any atom is -0.316 e. The minimum atomic E-state index is -0.128. The number of nitrogens with one attached hydrogen (secondary N) is 1. The van der Waals surface area contributed by atoms with Gasteiger partial charge in [-0.1, -0.05) is 26.0 Å². The Labute approximate surface area is 122 Å². The summed E-state index contributed by atoms with van der Waals surface area (Å²) in [5.74, 6) is 0.421. The first-order chi connectivity index (χ1) is 9.51. The Hall–Kier alpha value is -0.890. The van der Waals surface area contributed by atoms with E-state index >= 15 is 0 Å². The molecule has 1 nitrogen and oxygen atoms in total. The summed E-state index contributed by atoms with van der Waals surface area (Å²) >= 11 is 0. The zero-order chi connectivity index (χ0) is 14.2. The van der Waals surface area contributed by atoms with Gasteiger partial charge in [0.15, 0.2) is 0 Å². The van der Waals surface area contributed by atoms with Gasteiger partial charge in [0, 0.05) is 12.5 Å². The van der Waals surface area contributed by atoms with Crippen molar-refractivity contribution in [2.24, 2.45) is 10.8 Å². The Balaban J connectivity index is 1.86. The molecular weight excluding hydrogens is 249 g/mol. The lowest BCUT2D eigenvalue weighted by atomic mass is 9.56. The second-order valence-corrected chi connectivity index (χ2v) is 7.58. The third-order valence-electron chi connectivity index (χ3n) is 5.76. The average Bonchev–Trinajstić information content (AvgIpc) is 2.44. The van der Waals surface area contributed by atoms with Crippen molar-refractivity contribution in [1.29, 1.82) is 0 Å². The predicted octanol–water partition coefficient (Wildman–Crippen LogP) is 4.49. The Kier molecular flexibility index (Phi) is 3.62. The van der Waals surface area contributed by atoms with Crippen LogP contribution < -0.4 is 5.32 Å². The van der Waals surface area contributed by atoms with E-state index in [9.17, 15) is 4.39 Å². The fraction of sp³-hybridized carbons (Fsp3) is 0.667. The highest BCUT2D eigenvalue weighted by Gasteiger charge is 2.45. The second-order valence-electron chi connectivity index (χ2n) is 7.58. The molecule has 0 amide bonds. The van der Waals surface area contributed by atoms with E-state index in [4.69, 9.17) is 0 Å². The zero-order valence-electron chi connectivity index (χ0n) is 12.7. The molecule has 1 unspecified atom stereocenters. The number of piperidine rings is 1. The van der Waals surface area contributed by atoms with E-state index < -0.39 is 0 Å². The van der Waals surface area contributed by atoms with Crippen LogP contribution in [0.5, 0.6) is 0 Å². The van der Waals surface area contributed by atoms with Crippen molar-refractivity contribution < 1.29 is 4.39 Å². The first-order valence-electron chi connectivity index (χ1n) is 7.97. The lowest BCUT2D eigenvalue weighted by molar-refractivity contribution is 0.0498. The molecule has 20 heavy (non-hydrogen) atoms. The molecule has 1 atom stereocenters. The van der Waals surface area contributed by atoms with Gasteiger partial charge in [-0.05, 0) is 67.2 Å². The van der Waals surface area contributed by atoms with Gasteiger partial charge in [0.05, 0.1) is 0 Å². The molecule has 1 saturated heterocycles. The third kappa shape index (κ3) is 2.63. The molecule has 1 aliphatic heterocycles. The number of benzene rings is 1. The van der Waals surface area contributed by atoms with E-state index in [1.54, 1.807) is 12.1 Å². The van der Waals surface area contributed by atoms with Crippen molar-refractivity contribution in [3.05, 3.63) is 35.6 Å². The summed E-state index contributed by atoms with van der Waals surface area (Å²) in [5, 5.41) is 3.55. The third-order valence-corrected chi connectivity index (χ3v) is 5.76. The lowest BCUT2D eigenvalue weighted by Crippen LogP contribution is -2.46. The SMILES string of the molecule is CC1(C)CCC2(CCNCC2c2ccc(F)cc2)CC1. The Bertz CT molecular complexity index is 453. The summed E-state index contributed by atoms with van der Waals surface area (Å²) in [7, 11) is 0. The summed E-state index contributed by atoms with van der Waals surface area (Å²) in [4.78, 5) is 0. The highest BCUT2D eigenvalue weighted by atomic mass is 19.1. The number of rotatable bonds is 1. The van der Waals surface area contributed by atoms with E-state index in [0.717, 1.165) is 13.1 Å². The normalized spacial score (nSPS) is 28.4. The first-order valence-corrected chi connectivity index (χ1v) is 7.97. The molecule has 1 aliphatic carbocycles. The average molecular weight is 275 g/mol. The van der Waals surface area contributed by atoms with Crippen LogP contribution >= 0.6 is 0 Å². The molecule has 1 spiro atoms. The molecule has 0 aromatic heterocycles. The van der Waals surface area contributed by atoms with E-state index in [-0.39, 0.29) is 5.82 Å². The molecule has 1 aromatic rings. The molecule has 1 saturated carbocycles. The summed E-state index contributed by atoms with van der Waals surface area (Å²) in [6, 6.07) is 7.22. The van der Waals surface area contributed by atoms with Crippen LogP contribution in [0.1, 0.15) is 57.4 Å². The number of halogens is 1. The molecule has 1 heterocycles. The van der Waals surface area contributed by atoms with Gasteiger partial charge in [-0.25, -0.2) is 4.39 Å². The Morgan fingerprint density at radius 2 is 1.65 bits per heavy atom. The Morgan fingerprint density at radius 1 is 1.00 bits per heavy atom. The van der Waals surface area contributed by atoms with Crippen LogP contribution in [0, 0.1) is 16.6 Å². The van der Waals surface area contributed by atoms with Crippen molar-refractivity contribution in [1.82, 2.24) is 5.32 Å². The molecule has 2 aliphatic rings. The summed E-state index contributed by atoms with van der Waals surface area (Å²) in [6.45, 7) is 6.98. The second kappa shape index (κ2) is 5.14. The van der Waals surface area contributed by atoms with Crippen LogP contribution in [-0.4, -0.2) is 13.1 Å². The maximum Gasteiger partial charge on any atom is 0.123 e. The van der Waals surface area contributed by atoms with Crippen molar-refractivity contribution >= 4 is 0 Å². The Morgan fingerprint density at radius 3 is 2.30 bits per heavy atom. The highest BCUT2D eigenvalue weighted by Crippen LogP contribution is 2.54. The molecule has 110 valence electrons. The van der Waals surface area contributed by atoms with Gasteiger partial charge in [0.2, 0.25) is 0 Å². The summed E-state index contributed by atoms with van der Waals surface area (Å²) in [5.41, 5.74) is 2.26. The van der Waals surface area contributed by atoms with Crippen molar-refractivity contribution in [2.75, 3.05) is 13.1 Å². The first kappa shape index (κ1) is 14.1. The monoisotopic (exact) mass is 275 g/mol. The molecule has 0 radical (unpaired) electrons. The maximum atomic E-state index is 13.2. The van der Waals surface area contributed by atoms with Crippen LogP contribution in [0.2, 0.25) is 0 Å². The van der Waals surface area contributed by atoms with Crippen molar-refractivity contribution in [2.45, 2.75) is 51.9 Å². The maximum absolute atomic E-state index is 13.2. The van der Waals surface area contributed by atoms with Crippen LogP contribution in [0.25, 0.3) is 0 Å². The van der Waals surface area contributed by atoms with Gasteiger partial charge in [-0.2, -0.15) is 0 Å². The van der Waals surface area contributed by atoms with Crippen molar-refractivity contribution in [3.8, 4) is 0 Å². The summed E-state index contributed by atoms with van der Waals surface area (Å²) in [6.07, 6.45) is 6.56. The molecule has 1 N–H and O–H groups in total. The highest BCUT2D eigenvalue weighted by molar-refractivity contribution is 5.25. The van der Waals surface area contributed by atoms with Gasteiger partial charge >= 0.3 is 0 Å².